The Balaban J connectivity index is 0.965. The van der Waals surface area contributed by atoms with Gasteiger partial charge in [-0.15, -0.1) is 0 Å². The summed E-state index contributed by atoms with van der Waals surface area (Å²) < 4.78 is 27.2. The first kappa shape index (κ1) is 54.1. The molecule has 1 saturated carbocycles. The maximum atomic E-state index is 13.1. The first-order valence-corrected chi connectivity index (χ1v) is 23.6. The van der Waals surface area contributed by atoms with Gasteiger partial charge in [-0.05, 0) is 154 Å². The Morgan fingerprint density at radius 2 is 1.14 bits per heavy atom. The third kappa shape index (κ3) is 18.6. The lowest BCUT2D eigenvalue weighted by Crippen LogP contribution is -2.27. The average Bonchev–Trinajstić information content (AvgIpc) is 3.39. The molecule has 4 aromatic rings. The predicted octanol–water partition coefficient (Wildman–Crippen LogP) is 10.5. The summed E-state index contributed by atoms with van der Waals surface area (Å²) in [5.41, 5.74) is 2.24. The molecule has 0 radical (unpaired) electrons. The molecule has 16 heteroatoms. The summed E-state index contributed by atoms with van der Waals surface area (Å²) in [7, 11) is 0. The van der Waals surface area contributed by atoms with Crippen molar-refractivity contribution in [3.8, 4) is 28.7 Å². The van der Waals surface area contributed by atoms with Crippen LogP contribution in [-0.2, 0) is 45.1 Å². The molecule has 4 aromatic carbocycles. The minimum Gasteiger partial charge on any atom is -0.494 e. The zero-order valence-electron chi connectivity index (χ0n) is 39.3. The van der Waals surface area contributed by atoms with Crippen LogP contribution in [0.3, 0.4) is 0 Å². The Kier molecular flexibility index (Phi) is 23.6. The van der Waals surface area contributed by atoms with Crippen LogP contribution in [0.25, 0.3) is 0 Å². The molecule has 0 spiro atoms. The maximum absolute atomic E-state index is 13.1. The molecule has 0 aromatic heterocycles. The van der Waals surface area contributed by atoms with E-state index in [-0.39, 0.29) is 47.7 Å². The Labute approximate surface area is 408 Å². The van der Waals surface area contributed by atoms with Gasteiger partial charge in [-0.25, -0.2) is 14.5 Å². The van der Waals surface area contributed by atoms with E-state index in [1.807, 2.05) is 24.3 Å². The van der Waals surface area contributed by atoms with Gasteiger partial charge in [0.05, 0.1) is 44.5 Å². The van der Waals surface area contributed by atoms with Crippen LogP contribution in [0, 0.1) is 11.8 Å². The van der Waals surface area contributed by atoms with Crippen LogP contribution in [-0.4, -0.2) is 68.8 Å². The Morgan fingerprint density at radius 1 is 0.600 bits per heavy atom. The molecule has 374 valence electrons. The number of ether oxygens (including phenoxy) is 5. The molecule has 1 unspecified atom stereocenters. The largest absolute Gasteiger partial charge is 0.494 e. The van der Waals surface area contributed by atoms with E-state index in [2.05, 4.69) is 13.2 Å². The van der Waals surface area contributed by atoms with Crippen molar-refractivity contribution in [1.82, 2.24) is 0 Å². The third-order valence-electron chi connectivity index (χ3n) is 11.5. The van der Waals surface area contributed by atoms with Gasteiger partial charge >= 0.3 is 17.9 Å². The molecular weight excluding hydrogens is 905 g/mol. The van der Waals surface area contributed by atoms with E-state index in [1.165, 1.54) is 18.2 Å². The number of aldehydes is 2. The van der Waals surface area contributed by atoms with Gasteiger partial charge in [-0.3, -0.25) is 19.6 Å². The predicted molar refractivity (Wildman–Crippen MR) is 255 cm³/mol. The fourth-order valence-corrected chi connectivity index (χ4v) is 7.50. The molecule has 0 heterocycles. The van der Waals surface area contributed by atoms with Crippen molar-refractivity contribution in [3.63, 3.8) is 0 Å². The van der Waals surface area contributed by atoms with Crippen molar-refractivity contribution in [2.75, 3.05) is 33.0 Å². The zero-order valence-corrected chi connectivity index (χ0v) is 39.3. The monoisotopic (exact) mass is 966 g/mol. The highest BCUT2D eigenvalue weighted by atomic mass is 17.2. The second-order valence-electron chi connectivity index (χ2n) is 16.5. The van der Waals surface area contributed by atoms with Crippen molar-refractivity contribution < 1.29 is 77.4 Å². The van der Waals surface area contributed by atoms with E-state index in [0.717, 1.165) is 74.8 Å². The van der Waals surface area contributed by atoms with Crippen LogP contribution in [0.2, 0.25) is 0 Å². The number of benzene rings is 4. The van der Waals surface area contributed by atoms with Crippen LogP contribution >= 0.6 is 0 Å². The molecule has 70 heavy (non-hydrogen) atoms. The molecule has 0 amide bonds. The molecule has 1 atom stereocenters. The SMILES string of the molecule is C=CC(=O)OCCCCCCOc1ccc(COOc2ccc(OC(=O)C3CCC(COOc4ccc(C(OO)c5ccc(OCCCCCCOC(=O)C=C)cc5)c(C=O)c4)CC3)cc2C=O)cc1. The molecule has 0 aliphatic heterocycles. The van der Waals surface area contributed by atoms with E-state index in [9.17, 15) is 29.2 Å². The number of esters is 3. The summed E-state index contributed by atoms with van der Waals surface area (Å²) in [6, 6.07) is 23.6. The minimum absolute atomic E-state index is 0.111. The summed E-state index contributed by atoms with van der Waals surface area (Å²) >= 11 is 0. The molecule has 1 aliphatic rings. The second-order valence-corrected chi connectivity index (χ2v) is 16.5. The Bertz CT molecular complexity index is 2270. The van der Waals surface area contributed by atoms with E-state index in [0.29, 0.717) is 87.3 Å². The average molecular weight is 967 g/mol. The summed E-state index contributed by atoms with van der Waals surface area (Å²) in [4.78, 5) is 86.1. The van der Waals surface area contributed by atoms with E-state index in [1.54, 1.807) is 42.5 Å². The zero-order chi connectivity index (χ0) is 49.8. The van der Waals surface area contributed by atoms with Crippen molar-refractivity contribution in [2.45, 2.75) is 89.8 Å². The van der Waals surface area contributed by atoms with Gasteiger partial charge in [0.2, 0.25) is 0 Å². The van der Waals surface area contributed by atoms with Crippen LogP contribution in [0.5, 0.6) is 28.7 Å². The quantitative estimate of drug-likeness (QED) is 0.00899. The highest BCUT2D eigenvalue weighted by molar-refractivity contribution is 5.82. The van der Waals surface area contributed by atoms with E-state index >= 15 is 0 Å². The fraction of sp³-hybridized carbons (Fsp3) is 0.389. The van der Waals surface area contributed by atoms with E-state index < -0.39 is 24.0 Å². The summed E-state index contributed by atoms with van der Waals surface area (Å²) in [6.07, 6.45) is 12.1. The number of unbranched alkanes of at least 4 members (excludes halogenated alkanes) is 6. The highest BCUT2D eigenvalue weighted by Gasteiger charge is 2.29. The number of carbonyl (C=O) groups is 5. The first-order chi connectivity index (χ1) is 34.2. The third-order valence-corrected chi connectivity index (χ3v) is 11.5. The maximum Gasteiger partial charge on any atom is 0.330 e. The summed E-state index contributed by atoms with van der Waals surface area (Å²) in [5.74, 6) is 0.610. The minimum atomic E-state index is -0.951. The Hall–Kier alpha value is -6.85. The highest BCUT2D eigenvalue weighted by Crippen LogP contribution is 2.33. The summed E-state index contributed by atoms with van der Waals surface area (Å²) in [6.45, 7) is 8.95. The van der Waals surface area contributed by atoms with Gasteiger partial charge in [-0.1, -0.05) is 43.5 Å². The number of hydrogen-bond donors (Lipinski definition) is 1. The van der Waals surface area contributed by atoms with E-state index in [4.69, 9.17) is 48.1 Å². The standard InChI is InChI=1S/C54H62O16/c1-3-51(57)63-31-11-7-5-9-29-61-45-21-15-40(16-22-45)38-66-70-50-28-26-47(34-44(50)36-56)67-54(59)42-17-13-39(14-18-42)37-65-69-48-25-27-49(43(33-48)35-55)53(68-60)41-19-23-46(24-20-41)62-30-10-6-8-12-32-64-52(58)4-2/h3-4,15-16,19-28,33-36,39,42,53,60H,1-2,5-14,17-18,29-32,37-38H2. The van der Waals surface area contributed by atoms with Gasteiger partial charge in [0.25, 0.3) is 0 Å². The molecule has 16 nitrogen and oxygen atoms in total. The molecule has 1 fully saturated rings. The topological polar surface area (TPSA) is 198 Å². The fourth-order valence-electron chi connectivity index (χ4n) is 7.50. The number of rotatable bonds is 33. The van der Waals surface area contributed by atoms with Crippen LogP contribution in [0.1, 0.15) is 121 Å². The second kappa shape index (κ2) is 30.6. The molecule has 1 N–H and O–H groups in total. The Morgan fingerprint density at radius 3 is 1.71 bits per heavy atom. The lowest BCUT2D eigenvalue weighted by Gasteiger charge is -2.26. The first-order valence-electron chi connectivity index (χ1n) is 23.6. The summed E-state index contributed by atoms with van der Waals surface area (Å²) in [5, 5.41) is 9.85. The van der Waals surface area contributed by atoms with Crippen molar-refractivity contribution in [2.24, 2.45) is 11.8 Å². The van der Waals surface area contributed by atoms with Crippen LogP contribution < -0.4 is 24.0 Å². The van der Waals surface area contributed by atoms with Gasteiger partial charge in [0.15, 0.2) is 24.1 Å². The van der Waals surface area contributed by atoms with Gasteiger partial charge in [-0.2, -0.15) is 9.78 Å². The molecule has 0 saturated heterocycles. The number of carbonyl (C=O) groups excluding carboxylic acids is 5. The van der Waals surface area contributed by atoms with Gasteiger partial charge in [0, 0.05) is 17.7 Å². The molecular formula is C54H62O16. The van der Waals surface area contributed by atoms with Crippen LogP contribution in [0.15, 0.2) is 110 Å². The van der Waals surface area contributed by atoms with Crippen molar-refractivity contribution in [1.29, 1.82) is 0 Å². The van der Waals surface area contributed by atoms with Crippen molar-refractivity contribution >= 4 is 30.5 Å². The number of hydrogen-bond acceptors (Lipinski definition) is 16. The lowest BCUT2D eigenvalue weighted by molar-refractivity contribution is -0.270. The lowest BCUT2D eigenvalue weighted by atomic mass is 9.82. The van der Waals surface area contributed by atoms with Gasteiger partial charge < -0.3 is 33.5 Å². The van der Waals surface area contributed by atoms with Gasteiger partial charge in [0.1, 0.15) is 30.0 Å². The van der Waals surface area contributed by atoms with Crippen LogP contribution in [0.4, 0.5) is 0 Å². The normalized spacial score (nSPS) is 14.6. The smallest absolute Gasteiger partial charge is 0.330 e. The molecule has 5 rings (SSSR count). The van der Waals surface area contributed by atoms with Crippen molar-refractivity contribution in [3.05, 3.63) is 138 Å². The molecule has 1 aliphatic carbocycles. The molecule has 0 bridgehead atoms.